The lowest BCUT2D eigenvalue weighted by Gasteiger charge is -2.36. The molecule has 0 aromatic carbocycles. The third-order valence-electron chi connectivity index (χ3n) is 2.11. The molecule has 3 nitrogen and oxygen atoms in total. The minimum absolute atomic E-state index is 0.466. The predicted octanol–water partition coefficient (Wildman–Crippen LogP) is 0.234. The number of hydrogen-bond donors (Lipinski definition) is 1. The van der Waals surface area contributed by atoms with Gasteiger partial charge >= 0.3 is 0 Å². The monoisotopic (exact) mass is 143 g/mol. The van der Waals surface area contributed by atoms with E-state index in [1.165, 1.54) is 19.3 Å². The zero-order valence-electron chi connectivity index (χ0n) is 6.88. The van der Waals surface area contributed by atoms with E-state index in [9.17, 15) is 0 Å². The van der Waals surface area contributed by atoms with Gasteiger partial charge in [-0.2, -0.15) is 0 Å². The Labute approximate surface area is 62.8 Å². The van der Waals surface area contributed by atoms with Crippen molar-refractivity contribution >= 4 is 0 Å². The van der Waals surface area contributed by atoms with Crippen molar-refractivity contribution in [1.82, 2.24) is 9.91 Å². The average Bonchev–Trinajstić information content (AvgIpc) is 1.88. The van der Waals surface area contributed by atoms with Crippen LogP contribution in [0.3, 0.4) is 0 Å². The Bertz CT molecular complexity index is 103. The molecule has 0 bridgehead atoms. The van der Waals surface area contributed by atoms with Gasteiger partial charge in [-0.1, -0.05) is 0 Å². The van der Waals surface area contributed by atoms with Crippen molar-refractivity contribution in [1.29, 1.82) is 0 Å². The molecule has 0 saturated carbocycles. The second-order valence-electron chi connectivity index (χ2n) is 3.18. The lowest BCUT2D eigenvalue weighted by atomic mass is 10.1. The van der Waals surface area contributed by atoms with Crippen molar-refractivity contribution in [3.8, 4) is 0 Å². The molecule has 1 saturated heterocycles. The third-order valence-corrected chi connectivity index (χ3v) is 2.11. The summed E-state index contributed by atoms with van der Waals surface area (Å²) >= 11 is 0. The number of nitrogens with zero attached hydrogens (tertiary/aromatic N) is 2. The Kier molecular flexibility index (Phi) is 2.65. The predicted molar refractivity (Wildman–Crippen MR) is 42.2 cm³/mol. The van der Waals surface area contributed by atoms with Crippen molar-refractivity contribution in [3.63, 3.8) is 0 Å². The molecule has 1 heterocycles. The van der Waals surface area contributed by atoms with E-state index in [2.05, 4.69) is 19.0 Å². The third kappa shape index (κ3) is 1.68. The Hall–Kier alpha value is -0.120. The molecule has 0 radical (unpaired) electrons. The Morgan fingerprint density at radius 3 is 2.50 bits per heavy atom. The van der Waals surface area contributed by atoms with Crippen LogP contribution >= 0.6 is 0 Å². The van der Waals surface area contributed by atoms with E-state index < -0.39 is 0 Å². The molecule has 0 amide bonds. The fourth-order valence-corrected chi connectivity index (χ4v) is 1.49. The van der Waals surface area contributed by atoms with Crippen molar-refractivity contribution in [2.75, 3.05) is 20.6 Å². The first-order chi connectivity index (χ1) is 4.72. The molecular formula is C7H17N3. The fraction of sp³-hybridized carbons (Fsp3) is 1.00. The molecule has 10 heavy (non-hydrogen) atoms. The summed E-state index contributed by atoms with van der Waals surface area (Å²) in [5.41, 5.74) is 0. The molecule has 0 aromatic rings. The summed E-state index contributed by atoms with van der Waals surface area (Å²) < 4.78 is 0. The first-order valence-corrected chi connectivity index (χ1v) is 3.89. The van der Waals surface area contributed by atoms with Gasteiger partial charge in [-0.15, -0.1) is 0 Å². The molecule has 1 aliphatic rings. The van der Waals surface area contributed by atoms with E-state index in [4.69, 9.17) is 5.84 Å². The smallest absolute Gasteiger partial charge is 0.0750 e. The molecule has 0 spiro atoms. The van der Waals surface area contributed by atoms with Crippen LogP contribution in [0.1, 0.15) is 19.3 Å². The highest BCUT2D eigenvalue weighted by molar-refractivity contribution is 4.69. The van der Waals surface area contributed by atoms with Crippen LogP contribution in [0.15, 0.2) is 0 Å². The highest BCUT2D eigenvalue weighted by atomic mass is 15.5. The second-order valence-corrected chi connectivity index (χ2v) is 3.18. The Balaban J connectivity index is 2.40. The van der Waals surface area contributed by atoms with Crippen LogP contribution < -0.4 is 5.84 Å². The maximum Gasteiger partial charge on any atom is 0.0750 e. The van der Waals surface area contributed by atoms with Gasteiger partial charge in [-0.3, -0.25) is 10.7 Å². The molecule has 1 unspecified atom stereocenters. The van der Waals surface area contributed by atoms with Crippen LogP contribution in [0.5, 0.6) is 0 Å². The van der Waals surface area contributed by atoms with Crippen LogP contribution in [0.2, 0.25) is 0 Å². The first-order valence-electron chi connectivity index (χ1n) is 3.89. The molecule has 0 aromatic heterocycles. The zero-order valence-corrected chi connectivity index (χ0v) is 6.88. The first kappa shape index (κ1) is 7.98. The van der Waals surface area contributed by atoms with Gasteiger partial charge in [0.2, 0.25) is 0 Å². The molecule has 1 aliphatic heterocycles. The Morgan fingerprint density at radius 1 is 1.40 bits per heavy atom. The van der Waals surface area contributed by atoms with Crippen molar-refractivity contribution < 1.29 is 0 Å². The summed E-state index contributed by atoms with van der Waals surface area (Å²) in [5.74, 6) is 5.77. The number of rotatable bonds is 1. The molecule has 0 aliphatic carbocycles. The van der Waals surface area contributed by atoms with Gasteiger partial charge < -0.3 is 0 Å². The van der Waals surface area contributed by atoms with Crippen LogP contribution in [-0.2, 0) is 0 Å². The second kappa shape index (κ2) is 3.32. The van der Waals surface area contributed by atoms with Gasteiger partial charge in [-0.25, -0.2) is 5.01 Å². The molecule has 1 fully saturated rings. The van der Waals surface area contributed by atoms with Crippen molar-refractivity contribution in [2.45, 2.75) is 25.4 Å². The highest BCUT2D eigenvalue weighted by Crippen LogP contribution is 2.14. The Morgan fingerprint density at radius 2 is 2.10 bits per heavy atom. The van der Waals surface area contributed by atoms with Gasteiger partial charge in [0, 0.05) is 6.54 Å². The molecule has 60 valence electrons. The highest BCUT2D eigenvalue weighted by Gasteiger charge is 2.20. The minimum atomic E-state index is 0.466. The van der Waals surface area contributed by atoms with Crippen LogP contribution in [-0.4, -0.2) is 36.7 Å². The van der Waals surface area contributed by atoms with E-state index in [-0.39, 0.29) is 0 Å². The maximum absolute atomic E-state index is 5.77. The van der Waals surface area contributed by atoms with E-state index >= 15 is 0 Å². The van der Waals surface area contributed by atoms with Crippen LogP contribution in [0, 0.1) is 0 Å². The molecular weight excluding hydrogens is 126 g/mol. The zero-order chi connectivity index (χ0) is 7.56. The van der Waals surface area contributed by atoms with Gasteiger partial charge in [0.1, 0.15) is 0 Å². The van der Waals surface area contributed by atoms with Gasteiger partial charge in [-0.05, 0) is 33.4 Å². The van der Waals surface area contributed by atoms with Gasteiger partial charge in [0.15, 0.2) is 0 Å². The van der Waals surface area contributed by atoms with Gasteiger partial charge in [0.25, 0.3) is 0 Å². The molecule has 1 atom stereocenters. The van der Waals surface area contributed by atoms with Crippen molar-refractivity contribution in [2.24, 2.45) is 5.84 Å². The van der Waals surface area contributed by atoms with E-state index in [0.717, 1.165) is 6.54 Å². The van der Waals surface area contributed by atoms with Crippen LogP contribution in [0.4, 0.5) is 0 Å². The molecule has 1 rings (SSSR count). The van der Waals surface area contributed by atoms with E-state index in [1.54, 1.807) is 0 Å². The quantitative estimate of drug-likeness (QED) is 0.533. The normalized spacial score (nSPS) is 29.4. The van der Waals surface area contributed by atoms with Crippen LogP contribution in [0.25, 0.3) is 0 Å². The van der Waals surface area contributed by atoms with E-state index in [0.29, 0.717) is 6.17 Å². The SMILES string of the molecule is CN(C)C1CCCCN1N. The lowest BCUT2D eigenvalue weighted by molar-refractivity contribution is 0.0453. The number of hydrazine groups is 1. The van der Waals surface area contributed by atoms with E-state index in [1.807, 2.05) is 5.01 Å². The summed E-state index contributed by atoms with van der Waals surface area (Å²) in [4.78, 5) is 2.18. The largest absolute Gasteiger partial charge is 0.293 e. The van der Waals surface area contributed by atoms with Gasteiger partial charge in [0.05, 0.1) is 6.17 Å². The van der Waals surface area contributed by atoms with Crippen molar-refractivity contribution in [3.05, 3.63) is 0 Å². The average molecular weight is 143 g/mol. The molecule has 2 N–H and O–H groups in total. The fourth-order valence-electron chi connectivity index (χ4n) is 1.49. The number of piperidine rings is 1. The summed E-state index contributed by atoms with van der Waals surface area (Å²) in [6, 6.07) is 0. The summed E-state index contributed by atoms with van der Waals surface area (Å²) in [6.07, 6.45) is 4.25. The summed E-state index contributed by atoms with van der Waals surface area (Å²) in [6.45, 7) is 1.04. The summed E-state index contributed by atoms with van der Waals surface area (Å²) in [7, 11) is 4.16. The minimum Gasteiger partial charge on any atom is -0.293 e. The molecule has 3 heteroatoms. The lowest BCUT2D eigenvalue weighted by Crippen LogP contribution is -2.51. The standard InChI is InChI=1S/C7H17N3/c1-9(2)7-5-3-4-6-10(7)8/h7H,3-6,8H2,1-2H3. The number of nitrogens with two attached hydrogens (primary N) is 1. The number of hydrogen-bond acceptors (Lipinski definition) is 3. The summed E-state index contributed by atoms with van der Waals surface area (Å²) in [5, 5.41) is 1.93. The maximum atomic E-state index is 5.77. The topological polar surface area (TPSA) is 32.5 Å².